The van der Waals surface area contributed by atoms with E-state index in [1.165, 1.54) is 6.92 Å². The second kappa shape index (κ2) is 4.68. The van der Waals surface area contributed by atoms with Gasteiger partial charge < -0.3 is 9.47 Å². The summed E-state index contributed by atoms with van der Waals surface area (Å²) in [6.45, 7) is 3.52. The average Bonchev–Trinajstić information content (AvgIpc) is 2.08. The van der Waals surface area contributed by atoms with Crippen LogP contribution < -0.4 is 0 Å². The van der Waals surface area contributed by atoms with E-state index in [0.29, 0.717) is 6.61 Å². The third-order valence-corrected chi connectivity index (χ3v) is 1.54. The highest BCUT2D eigenvalue weighted by Crippen LogP contribution is 2.07. The highest BCUT2D eigenvalue weighted by atomic mass is 16.6. The Balaban J connectivity index is 2.45. The van der Waals surface area contributed by atoms with Gasteiger partial charge in [-0.3, -0.25) is 4.79 Å². The Hall–Kier alpha value is -1.27. The summed E-state index contributed by atoms with van der Waals surface area (Å²) in [6, 6.07) is 0. The largest absolute Gasteiger partial charge is 0.456 e. The number of carbonyl (C=O) groups is 1. The summed E-state index contributed by atoms with van der Waals surface area (Å²) in [6.07, 6.45) is 3.19. The molecule has 1 aliphatic rings. The van der Waals surface area contributed by atoms with E-state index >= 15 is 0 Å². The lowest BCUT2D eigenvalue weighted by Gasteiger charge is -2.20. The van der Waals surface area contributed by atoms with E-state index in [1.54, 1.807) is 19.1 Å². The molecule has 3 nitrogen and oxygen atoms in total. The maximum Gasteiger partial charge on any atom is 0.303 e. The first-order valence-electron chi connectivity index (χ1n) is 4.12. The van der Waals surface area contributed by atoms with Gasteiger partial charge in [0, 0.05) is 6.92 Å². The molecule has 0 aromatic carbocycles. The van der Waals surface area contributed by atoms with Crippen LogP contribution in [0.3, 0.4) is 0 Å². The Morgan fingerprint density at radius 3 is 2.85 bits per heavy atom. The summed E-state index contributed by atoms with van der Waals surface area (Å²) in [7, 11) is 0. The van der Waals surface area contributed by atoms with Crippen LogP contribution in [0.15, 0.2) is 12.2 Å². The van der Waals surface area contributed by atoms with Crippen LogP contribution in [0.5, 0.6) is 0 Å². The van der Waals surface area contributed by atoms with Gasteiger partial charge in [0.15, 0.2) is 0 Å². The molecule has 0 aromatic heterocycles. The zero-order chi connectivity index (χ0) is 9.68. The van der Waals surface area contributed by atoms with Crippen molar-refractivity contribution in [3.63, 3.8) is 0 Å². The van der Waals surface area contributed by atoms with E-state index in [9.17, 15) is 4.79 Å². The monoisotopic (exact) mass is 180 g/mol. The van der Waals surface area contributed by atoms with Crippen molar-refractivity contribution in [1.82, 2.24) is 0 Å². The van der Waals surface area contributed by atoms with Gasteiger partial charge in [0.25, 0.3) is 0 Å². The lowest BCUT2D eigenvalue weighted by molar-refractivity contribution is -0.147. The van der Waals surface area contributed by atoms with Crippen LogP contribution >= 0.6 is 0 Å². The minimum atomic E-state index is -0.293. The second-order valence-electron chi connectivity index (χ2n) is 2.68. The molecule has 13 heavy (non-hydrogen) atoms. The van der Waals surface area contributed by atoms with E-state index in [1.807, 2.05) is 0 Å². The molecular weight excluding hydrogens is 168 g/mol. The van der Waals surface area contributed by atoms with E-state index in [-0.39, 0.29) is 18.2 Å². The number of rotatable bonds is 1. The molecule has 0 N–H and O–H groups in total. The summed E-state index contributed by atoms with van der Waals surface area (Å²) < 4.78 is 10.2. The maximum atomic E-state index is 10.6. The van der Waals surface area contributed by atoms with Crippen molar-refractivity contribution in [3.05, 3.63) is 12.2 Å². The molecule has 1 rings (SSSR count). The van der Waals surface area contributed by atoms with E-state index in [4.69, 9.17) is 9.47 Å². The smallest absolute Gasteiger partial charge is 0.303 e. The van der Waals surface area contributed by atoms with Crippen molar-refractivity contribution in [2.24, 2.45) is 0 Å². The predicted octanol–water partition coefficient (Wildman–Crippen LogP) is 0.896. The summed E-state index contributed by atoms with van der Waals surface area (Å²) in [5.74, 6) is 5.32. The molecular formula is C10H12O3. The quantitative estimate of drug-likeness (QED) is 0.341. The molecule has 2 atom stereocenters. The Morgan fingerprint density at radius 1 is 1.62 bits per heavy atom. The van der Waals surface area contributed by atoms with Gasteiger partial charge in [0.2, 0.25) is 0 Å². The number of carbonyl (C=O) groups excluding carboxylic acids is 1. The molecule has 1 heterocycles. The fraction of sp³-hybridized carbons (Fsp3) is 0.500. The second-order valence-corrected chi connectivity index (χ2v) is 2.68. The zero-order valence-electron chi connectivity index (χ0n) is 7.74. The summed E-state index contributed by atoms with van der Waals surface area (Å²) in [5.41, 5.74) is 0. The number of hydrogen-bond acceptors (Lipinski definition) is 3. The number of ether oxygens (including phenoxy) is 2. The molecule has 0 bridgehead atoms. The third kappa shape index (κ3) is 3.30. The van der Waals surface area contributed by atoms with Crippen LogP contribution in [-0.2, 0) is 14.3 Å². The molecule has 0 saturated heterocycles. The van der Waals surface area contributed by atoms with Crippen molar-refractivity contribution < 1.29 is 14.3 Å². The molecule has 0 saturated carbocycles. The SMILES string of the molecule is CC#C[C@H]1C=C[C@H](OC(C)=O)CO1. The fourth-order valence-corrected chi connectivity index (χ4v) is 1.05. The maximum absolute atomic E-state index is 10.6. The highest BCUT2D eigenvalue weighted by molar-refractivity contribution is 5.66. The molecule has 0 amide bonds. The van der Waals surface area contributed by atoms with Gasteiger partial charge >= 0.3 is 5.97 Å². The Morgan fingerprint density at radius 2 is 2.38 bits per heavy atom. The van der Waals surface area contributed by atoms with E-state index in [2.05, 4.69) is 11.8 Å². The van der Waals surface area contributed by atoms with Crippen LogP contribution in [0.25, 0.3) is 0 Å². The van der Waals surface area contributed by atoms with Gasteiger partial charge in [-0.25, -0.2) is 0 Å². The van der Waals surface area contributed by atoms with E-state index < -0.39 is 0 Å². The summed E-state index contributed by atoms with van der Waals surface area (Å²) in [5, 5.41) is 0. The topological polar surface area (TPSA) is 35.5 Å². The minimum Gasteiger partial charge on any atom is -0.456 e. The minimum absolute atomic E-state index is 0.156. The normalized spacial score (nSPS) is 26.0. The molecule has 0 radical (unpaired) electrons. The van der Waals surface area contributed by atoms with Crippen LogP contribution in [0.4, 0.5) is 0 Å². The first-order chi connectivity index (χ1) is 6.22. The van der Waals surface area contributed by atoms with Crippen molar-refractivity contribution in [1.29, 1.82) is 0 Å². The first kappa shape index (κ1) is 9.82. The standard InChI is InChI=1S/C10H12O3/c1-3-4-9-5-6-10(7-12-9)13-8(2)11/h5-6,9-10H,7H2,1-2H3/t9-,10-/m0/s1. The molecule has 0 fully saturated rings. The zero-order valence-corrected chi connectivity index (χ0v) is 7.74. The van der Waals surface area contributed by atoms with Gasteiger partial charge in [-0.15, -0.1) is 5.92 Å². The molecule has 0 aliphatic carbocycles. The van der Waals surface area contributed by atoms with Gasteiger partial charge in [0.05, 0.1) is 6.61 Å². The van der Waals surface area contributed by atoms with Crippen molar-refractivity contribution in [3.8, 4) is 11.8 Å². The van der Waals surface area contributed by atoms with Crippen molar-refractivity contribution >= 4 is 5.97 Å². The Bertz CT molecular complexity index is 270. The highest BCUT2D eigenvalue weighted by Gasteiger charge is 2.15. The Kier molecular flexibility index (Phi) is 3.53. The summed E-state index contributed by atoms with van der Waals surface area (Å²) in [4.78, 5) is 10.6. The van der Waals surface area contributed by atoms with Crippen molar-refractivity contribution in [2.45, 2.75) is 26.1 Å². The van der Waals surface area contributed by atoms with Gasteiger partial charge in [-0.05, 0) is 19.1 Å². The predicted molar refractivity (Wildman–Crippen MR) is 47.9 cm³/mol. The van der Waals surface area contributed by atoms with Crippen molar-refractivity contribution in [2.75, 3.05) is 6.61 Å². The van der Waals surface area contributed by atoms with Gasteiger partial charge in [0.1, 0.15) is 12.2 Å². The molecule has 1 aliphatic heterocycles. The number of esters is 1. The lowest BCUT2D eigenvalue weighted by atomic mass is 10.2. The van der Waals surface area contributed by atoms with Crippen LogP contribution in [0.2, 0.25) is 0 Å². The molecule has 3 heteroatoms. The Labute approximate surface area is 77.7 Å². The molecule has 0 unspecified atom stereocenters. The van der Waals surface area contributed by atoms with Crippen LogP contribution in [0, 0.1) is 11.8 Å². The molecule has 70 valence electrons. The lowest BCUT2D eigenvalue weighted by Crippen LogP contribution is -2.27. The first-order valence-corrected chi connectivity index (χ1v) is 4.12. The fourth-order valence-electron chi connectivity index (χ4n) is 1.05. The van der Waals surface area contributed by atoms with Gasteiger partial charge in [-0.1, -0.05) is 5.92 Å². The average molecular weight is 180 g/mol. The molecule has 0 aromatic rings. The van der Waals surface area contributed by atoms with Gasteiger partial charge in [-0.2, -0.15) is 0 Å². The van der Waals surface area contributed by atoms with Crippen LogP contribution in [0.1, 0.15) is 13.8 Å². The summed E-state index contributed by atoms with van der Waals surface area (Å²) >= 11 is 0. The van der Waals surface area contributed by atoms with E-state index in [0.717, 1.165) is 0 Å². The number of hydrogen-bond donors (Lipinski definition) is 0. The molecule has 0 spiro atoms. The third-order valence-electron chi connectivity index (χ3n) is 1.54. The van der Waals surface area contributed by atoms with Crippen LogP contribution in [-0.4, -0.2) is 24.8 Å².